The minimum atomic E-state index is -0.166. The highest BCUT2D eigenvalue weighted by atomic mass is 16.5. The summed E-state index contributed by atoms with van der Waals surface area (Å²) in [5, 5.41) is 9.48. The molecule has 1 saturated heterocycles. The fourth-order valence-corrected chi connectivity index (χ4v) is 5.71. The molecular formula is C33H38N4O3. The molecule has 0 aliphatic carbocycles. The number of ether oxygens (including phenoxy) is 1. The van der Waals surface area contributed by atoms with Crippen molar-refractivity contribution in [3.05, 3.63) is 106 Å². The number of aryl methyl sites for hydroxylation is 1. The molecule has 0 radical (unpaired) electrons. The number of hydrogen-bond donors (Lipinski definition) is 1. The zero-order valence-electron chi connectivity index (χ0n) is 24.0. The molecule has 4 aromatic rings. The number of rotatable bonds is 7. The molecule has 7 heteroatoms. The van der Waals surface area contributed by atoms with Crippen molar-refractivity contribution < 1.29 is 9.53 Å². The highest BCUT2D eigenvalue weighted by molar-refractivity contribution is 5.88. The molecule has 208 valence electrons. The van der Waals surface area contributed by atoms with Gasteiger partial charge >= 0.3 is 0 Å². The van der Waals surface area contributed by atoms with Crippen molar-refractivity contribution >= 4 is 16.7 Å². The molecule has 1 aromatic heterocycles. The molecule has 3 aromatic carbocycles. The summed E-state index contributed by atoms with van der Waals surface area (Å²) in [6.45, 7) is 7.17. The van der Waals surface area contributed by atoms with Crippen LogP contribution in [0.25, 0.3) is 10.8 Å². The molecule has 1 aliphatic rings. The number of nitrogens with one attached hydrogen (secondary N) is 1. The summed E-state index contributed by atoms with van der Waals surface area (Å²) in [4.78, 5) is 28.7. The van der Waals surface area contributed by atoms with E-state index in [1.165, 1.54) is 10.2 Å². The van der Waals surface area contributed by atoms with Gasteiger partial charge in [-0.2, -0.15) is 5.10 Å². The maximum absolute atomic E-state index is 14.1. The Bertz CT molecular complexity index is 1570. The molecule has 1 amide bonds. The average molecular weight is 539 g/mol. The smallest absolute Gasteiger partial charge is 0.274 e. The van der Waals surface area contributed by atoms with Gasteiger partial charge in [0.1, 0.15) is 5.75 Å². The van der Waals surface area contributed by atoms with Gasteiger partial charge in [-0.05, 0) is 41.5 Å². The number of amides is 1. The van der Waals surface area contributed by atoms with Crippen LogP contribution in [0.5, 0.6) is 5.75 Å². The van der Waals surface area contributed by atoms with Crippen molar-refractivity contribution in [2.75, 3.05) is 7.11 Å². The standard InChI is InChI=1S/C33H38N4O3/c1-33(2,3)24-15-17-29(40-5)23(19-24)21-34-30-18-16-28(22-11-7-6-8-12-22)37(30)31(38)20-27-25-13-9-10-14-26(25)32(39)36(4)35-27/h6-15,17,19,28,30,34H,16,18,20-21H2,1-5H3. The normalized spacial score (nSPS) is 17.4. The Balaban J connectivity index is 1.45. The first kappa shape index (κ1) is 27.6. The van der Waals surface area contributed by atoms with Gasteiger partial charge in [0.25, 0.3) is 5.56 Å². The second-order valence-electron chi connectivity index (χ2n) is 11.6. The van der Waals surface area contributed by atoms with Gasteiger partial charge in [0.05, 0.1) is 36.8 Å². The van der Waals surface area contributed by atoms with Gasteiger partial charge in [-0.25, -0.2) is 4.68 Å². The van der Waals surface area contributed by atoms with E-state index >= 15 is 0 Å². The van der Waals surface area contributed by atoms with Crippen molar-refractivity contribution in [1.29, 1.82) is 0 Å². The molecule has 0 spiro atoms. The Morgan fingerprint density at radius 1 is 1.00 bits per heavy atom. The summed E-state index contributed by atoms with van der Waals surface area (Å²) in [5.41, 5.74) is 3.88. The fourth-order valence-electron chi connectivity index (χ4n) is 5.71. The van der Waals surface area contributed by atoms with E-state index in [1.807, 2.05) is 47.4 Å². The first-order valence-corrected chi connectivity index (χ1v) is 13.9. The summed E-state index contributed by atoms with van der Waals surface area (Å²) < 4.78 is 7.00. The van der Waals surface area contributed by atoms with Gasteiger partial charge in [-0.15, -0.1) is 0 Å². The Morgan fingerprint density at radius 2 is 1.70 bits per heavy atom. The summed E-state index contributed by atoms with van der Waals surface area (Å²) in [6, 6.07) is 23.9. The molecule has 7 nitrogen and oxygen atoms in total. The number of benzene rings is 3. The highest BCUT2D eigenvalue weighted by Gasteiger charge is 2.38. The molecular weight excluding hydrogens is 500 g/mol. The van der Waals surface area contributed by atoms with Gasteiger partial charge in [0.15, 0.2) is 0 Å². The molecule has 2 unspecified atom stereocenters. The maximum Gasteiger partial charge on any atom is 0.274 e. The lowest BCUT2D eigenvalue weighted by Gasteiger charge is -2.32. The van der Waals surface area contributed by atoms with Crippen molar-refractivity contribution in [3.8, 4) is 5.75 Å². The van der Waals surface area contributed by atoms with Gasteiger partial charge in [0, 0.05) is 24.5 Å². The lowest BCUT2D eigenvalue weighted by Crippen LogP contribution is -2.46. The number of methoxy groups -OCH3 is 1. The van der Waals surface area contributed by atoms with Crippen LogP contribution >= 0.6 is 0 Å². The Morgan fingerprint density at radius 3 is 2.40 bits per heavy atom. The van der Waals surface area contributed by atoms with Crippen molar-refractivity contribution in [2.45, 2.75) is 64.2 Å². The molecule has 2 heterocycles. The van der Waals surface area contributed by atoms with Crippen LogP contribution in [0.4, 0.5) is 0 Å². The first-order valence-electron chi connectivity index (χ1n) is 13.9. The minimum absolute atomic E-state index is 0.0142. The van der Waals surface area contributed by atoms with Gasteiger partial charge in [-0.3, -0.25) is 14.9 Å². The Hall–Kier alpha value is -3.97. The summed E-state index contributed by atoms with van der Waals surface area (Å²) in [7, 11) is 3.33. The summed E-state index contributed by atoms with van der Waals surface area (Å²) in [6.07, 6.45) is 1.64. The monoisotopic (exact) mass is 538 g/mol. The van der Waals surface area contributed by atoms with E-state index < -0.39 is 0 Å². The summed E-state index contributed by atoms with van der Waals surface area (Å²) in [5.74, 6) is 0.812. The predicted octanol–water partition coefficient (Wildman–Crippen LogP) is 5.26. The molecule has 40 heavy (non-hydrogen) atoms. The first-order chi connectivity index (χ1) is 19.2. The SMILES string of the molecule is COc1ccc(C(C)(C)C)cc1CNC1CCC(c2ccccc2)N1C(=O)Cc1nn(C)c(=O)c2ccccc12. The van der Waals surface area contributed by atoms with Crippen LogP contribution in [-0.4, -0.2) is 33.9 Å². The maximum atomic E-state index is 14.1. The van der Waals surface area contributed by atoms with Crippen LogP contribution in [0, 0.1) is 0 Å². The number of aromatic nitrogens is 2. The minimum Gasteiger partial charge on any atom is -0.496 e. The van der Waals surface area contributed by atoms with Crippen LogP contribution in [0.1, 0.15) is 62.0 Å². The number of carbonyl (C=O) groups excluding carboxylic acids is 1. The Kier molecular flexibility index (Phi) is 7.76. The zero-order valence-corrected chi connectivity index (χ0v) is 24.0. The van der Waals surface area contributed by atoms with Crippen molar-refractivity contribution in [1.82, 2.24) is 20.0 Å². The molecule has 5 rings (SSSR count). The molecule has 0 bridgehead atoms. The van der Waals surface area contributed by atoms with E-state index in [9.17, 15) is 9.59 Å². The highest BCUT2D eigenvalue weighted by Crippen LogP contribution is 2.36. The fraction of sp³-hybridized carbons (Fsp3) is 0.364. The quantitative estimate of drug-likeness (QED) is 0.347. The van der Waals surface area contributed by atoms with E-state index in [2.05, 4.69) is 55.5 Å². The van der Waals surface area contributed by atoms with E-state index in [4.69, 9.17) is 4.74 Å². The molecule has 1 N–H and O–H groups in total. The number of likely N-dealkylation sites (tertiary alicyclic amines) is 1. The van der Waals surface area contributed by atoms with Crippen LogP contribution in [0.3, 0.4) is 0 Å². The van der Waals surface area contributed by atoms with Gasteiger partial charge in [-0.1, -0.05) is 81.4 Å². The lowest BCUT2D eigenvalue weighted by atomic mass is 9.86. The molecule has 2 atom stereocenters. The predicted molar refractivity (Wildman–Crippen MR) is 158 cm³/mol. The van der Waals surface area contributed by atoms with E-state index in [-0.39, 0.29) is 35.5 Å². The summed E-state index contributed by atoms with van der Waals surface area (Å²) >= 11 is 0. The van der Waals surface area contributed by atoms with E-state index in [1.54, 1.807) is 20.2 Å². The Labute approximate surface area is 235 Å². The zero-order chi connectivity index (χ0) is 28.4. The second-order valence-corrected chi connectivity index (χ2v) is 11.6. The number of nitrogens with zero attached hydrogens (tertiary/aromatic N) is 3. The van der Waals surface area contributed by atoms with Crippen LogP contribution < -0.4 is 15.6 Å². The second kappa shape index (κ2) is 11.3. The van der Waals surface area contributed by atoms with Crippen LogP contribution in [0.2, 0.25) is 0 Å². The molecule has 1 fully saturated rings. The van der Waals surface area contributed by atoms with Gasteiger partial charge < -0.3 is 9.64 Å². The van der Waals surface area contributed by atoms with E-state index in [0.717, 1.165) is 35.1 Å². The number of fused-ring (bicyclic) bond motifs is 1. The van der Waals surface area contributed by atoms with Crippen molar-refractivity contribution in [3.63, 3.8) is 0 Å². The number of carbonyl (C=O) groups is 1. The molecule has 1 aliphatic heterocycles. The average Bonchev–Trinajstić information content (AvgIpc) is 3.38. The topological polar surface area (TPSA) is 76.5 Å². The third-order valence-corrected chi connectivity index (χ3v) is 7.88. The van der Waals surface area contributed by atoms with Crippen molar-refractivity contribution in [2.24, 2.45) is 7.05 Å². The lowest BCUT2D eigenvalue weighted by molar-refractivity contribution is -0.134. The molecule has 0 saturated carbocycles. The number of hydrogen-bond acceptors (Lipinski definition) is 5. The third kappa shape index (κ3) is 5.52. The van der Waals surface area contributed by atoms with Gasteiger partial charge in [0.2, 0.25) is 5.91 Å². The van der Waals surface area contributed by atoms with Crippen LogP contribution in [-0.2, 0) is 30.2 Å². The van der Waals surface area contributed by atoms with E-state index in [0.29, 0.717) is 17.6 Å². The largest absolute Gasteiger partial charge is 0.496 e. The third-order valence-electron chi connectivity index (χ3n) is 7.88. The van der Waals surface area contributed by atoms with Crippen LogP contribution in [0.15, 0.2) is 77.6 Å².